The molecule has 1 fully saturated rings. The van der Waals surface area contributed by atoms with Gasteiger partial charge < -0.3 is 10.2 Å². The highest BCUT2D eigenvalue weighted by molar-refractivity contribution is 5.23. The summed E-state index contributed by atoms with van der Waals surface area (Å²) in [4.78, 5) is 16.0. The van der Waals surface area contributed by atoms with Gasteiger partial charge in [0, 0.05) is 25.8 Å². The van der Waals surface area contributed by atoms with Crippen LogP contribution in [0.15, 0.2) is 30.4 Å². The molecule has 0 spiro atoms. The summed E-state index contributed by atoms with van der Waals surface area (Å²) in [6.07, 6.45) is 3.53. The fourth-order valence-corrected chi connectivity index (χ4v) is 1.91. The van der Waals surface area contributed by atoms with Gasteiger partial charge in [-0.2, -0.15) is 5.26 Å². The van der Waals surface area contributed by atoms with Gasteiger partial charge in [0.05, 0.1) is 4.92 Å². The highest BCUT2D eigenvalue weighted by Gasteiger charge is 2.17. The molecule has 0 aromatic carbocycles. The summed E-state index contributed by atoms with van der Waals surface area (Å²) in [5.41, 5.74) is 1.28. The fraction of sp³-hybridized carbons (Fsp3) is 0.333. The van der Waals surface area contributed by atoms with Gasteiger partial charge in [0.15, 0.2) is 5.82 Å². The van der Waals surface area contributed by atoms with Crippen molar-refractivity contribution in [3.63, 3.8) is 0 Å². The van der Waals surface area contributed by atoms with Crippen LogP contribution in [0.1, 0.15) is 17.7 Å². The van der Waals surface area contributed by atoms with Crippen LogP contribution < -0.4 is 5.32 Å². The van der Waals surface area contributed by atoms with Crippen molar-refractivity contribution in [3.8, 4) is 6.07 Å². The standard InChI is InChI=1S/C12H13N5O2/c13-6-11-3-2-10(7-15-11)8-16-5-1-4-14-12(16)9-17(18)19/h2-3,7,9,14H,1,4-5,8H2. The lowest BCUT2D eigenvalue weighted by Gasteiger charge is -2.30. The summed E-state index contributed by atoms with van der Waals surface area (Å²) in [5, 5.41) is 22.3. The second kappa shape index (κ2) is 5.82. The second-order valence-corrected chi connectivity index (χ2v) is 4.17. The van der Waals surface area contributed by atoms with Gasteiger partial charge in [-0.25, -0.2) is 4.98 Å². The van der Waals surface area contributed by atoms with Crippen molar-refractivity contribution in [2.24, 2.45) is 0 Å². The maximum absolute atomic E-state index is 10.6. The van der Waals surface area contributed by atoms with Crippen molar-refractivity contribution in [1.29, 1.82) is 5.26 Å². The van der Waals surface area contributed by atoms with Crippen LogP contribution in [0.2, 0.25) is 0 Å². The predicted octanol–water partition coefficient (Wildman–Crippen LogP) is 0.824. The van der Waals surface area contributed by atoms with Crippen LogP contribution in [0.3, 0.4) is 0 Å². The first-order valence-corrected chi connectivity index (χ1v) is 5.88. The van der Waals surface area contributed by atoms with E-state index in [4.69, 9.17) is 5.26 Å². The van der Waals surface area contributed by atoms with Crippen LogP contribution >= 0.6 is 0 Å². The van der Waals surface area contributed by atoms with Crippen LogP contribution in [0.4, 0.5) is 0 Å². The van der Waals surface area contributed by atoms with E-state index in [1.807, 2.05) is 17.0 Å². The molecule has 1 aliphatic heterocycles. The van der Waals surface area contributed by atoms with Crippen molar-refractivity contribution in [2.75, 3.05) is 13.1 Å². The summed E-state index contributed by atoms with van der Waals surface area (Å²) >= 11 is 0. The minimum Gasteiger partial charge on any atom is -0.367 e. The Bertz CT molecular complexity index is 532. The number of hydrogen-bond acceptors (Lipinski definition) is 6. The zero-order valence-corrected chi connectivity index (χ0v) is 10.2. The third kappa shape index (κ3) is 3.42. The maximum Gasteiger partial charge on any atom is 0.274 e. The molecule has 2 heterocycles. The van der Waals surface area contributed by atoms with Gasteiger partial charge in [-0.3, -0.25) is 10.1 Å². The van der Waals surface area contributed by atoms with Crippen molar-refractivity contribution in [2.45, 2.75) is 13.0 Å². The van der Waals surface area contributed by atoms with E-state index >= 15 is 0 Å². The van der Waals surface area contributed by atoms with E-state index in [1.165, 1.54) is 0 Å². The molecule has 1 N–H and O–H groups in total. The van der Waals surface area contributed by atoms with Crippen LogP contribution in [-0.2, 0) is 6.54 Å². The molecule has 0 atom stereocenters. The summed E-state index contributed by atoms with van der Waals surface area (Å²) < 4.78 is 0. The highest BCUT2D eigenvalue weighted by atomic mass is 16.6. The van der Waals surface area contributed by atoms with E-state index < -0.39 is 4.92 Å². The largest absolute Gasteiger partial charge is 0.367 e. The van der Waals surface area contributed by atoms with Crippen LogP contribution in [-0.4, -0.2) is 27.9 Å². The van der Waals surface area contributed by atoms with E-state index in [0.29, 0.717) is 18.1 Å². The average Bonchev–Trinajstić information content (AvgIpc) is 2.41. The molecule has 1 saturated heterocycles. The van der Waals surface area contributed by atoms with Gasteiger partial charge in [0.1, 0.15) is 11.8 Å². The van der Waals surface area contributed by atoms with Gasteiger partial charge in [0.2, 0.25) is 0 Å². The van der Waals surface area contributed by atoms with Gasteiger partial charge in [-0.15, -0.1) is 0 Å². The van der Waals surface area contributed by atoms with E-state index in [2.05, 4.69) is 10.3 Å². The second-order valence-electron chi connectivity index (χ2n) is 4.17. The average molecular weight is 259 g/mol. The topological polar surface area (TPSA) is 95.1 Å². The molecule has 7 nitrogen and oxygen atoms in total. The third-order valence-corrected chi connectivity index (χ3v) is 2.79. The molecule has 1 aromatic heterocycles. The molecule has 0 aliphatic carbocycles. The first-order valence-electron chi connectivity index (χ1n) is 5.88. The van der Waals surface area contributed by atoms with Crippen molar-refractivity contribution in [1.82, 2.24) is 15.2 Å². The number of nitriles is 1. The molecule has 7 heteroatoms. The predicted molar refractivity (Wildman–Crippen MR) is 67.1 cm³/mol. The number of nitrogens with one attached hydrogen (secondary N) is 1. The molecule has 1 aromatic rings. The van der Waals surface area contributed by atoms with Gasteiger partial charge in [-0.1, -0.05) is 6.07 Å². The van der Waals surface area contributed by atoms with Crippen molar-refractivity contribution in [3.05, 3.63) is 51.7 Å². The monoisotopic (exact) mass is 259 g/mol. The lowest BCUT2D eigenvalue weighted by molar-refractivity contribution is -0.405. The number of nitro groups is 1. The molecule has 19 heavy (non-hydrogen) atoms. The van der Waals surface area contributed by atoms with E-state index in [1.54, 1.807) is 12.3 Å². The molecule has 98 valence electrons. The normalized spacial score (nSPS) is 16.8. The SMILES string of the molecule is N#Cc1ccc(CN2CCCNC2=C[N+](=O)[O-])cn1. The van der Waals surface area contributed by atoms with Gasteiger partial charge in [0.25, 0.3) is 6.20 Å². The summed E-state index contributed by atoms with van der Waals surface area (Å²) in [5.74, 6) is 0.514. The summed E-state index contributed by atoms with van der Waals surface area (Å²) in [7, 11) is 0. The number of pyridine rings is 1. The van der Waals surface area contributed by atoms with Crippen molar-refractivity contribution >= 4 is 0 Å². The first kappa shape index (κ1) is 12.8. The Balaban J connectivity index is 2.11. The number of rotatable bonds is 3. The lowest BCUT2D eigenvalue weighted by Crippen LogP contribution is -2.39. The smallest absolute Gasteiger partial charge is 0.274 e. The molecular weight excluding hydrogens is 246 g/mol. The molecule has 0 bridgehead atoms. The minimum atomic E-state index is -0.461. The Hall–Kier alpha value is -2.62. The van der Waals surface area contributed by atoms with Gasteiger partial charge in [-0.05, 0) is 18.1 Å². The maximum atomic E-state index is 10.6. The molecule has 0 saturated carbocycles. The minimum absolute atomic E-state index is 0.363. The van der Waals surface area contributed by atoms with Crippen LogP contribution in [0.5, 0.6) is 0 Å². The lowest BCUT2D eigenvalue weighted by atomic mass is 10.2. The molecule has 0 radical (unpaired) electrons. The first-order chi connectivity index (χ1) is 9.19. The number of nitrogens with zero attached hydrogens (tertiary/aromatic N) is 4. The Morgan fingerprint density at radius 1 is 1.63 bits per heavy atom. The Morgan fingerprint density at radius 2 is 2.47 bits per heavy atom. The van der Waals surface area contributed by atoms with E-state index in [-0.39, 0.29) is 0 Å². The molecule has 1 aliphatic rings. The molecule has 0 unspecified atom stereocenters. The number of aromatic nitrogens is 1. The Labute approximate surface area is 110 Å². The van der Waals surface area contributed by atoms with E-state index in [9.17, 15) is 10.1 Å². The third-order valence-electron chi connectivity index (χ3n) is 2.79. The number of hydrogen-bond donors (Lipinski definition) is 1. The zero-order chi connectivity index (χ0) is 13.7. The van der Waals surface area contributed by atoms with Crippen molar-refractivity contribution < 1.29 is 4.92 Å². The molecule has 0 amide bonds. The van der Waals surface area contributed by atoms with Crippen LogP contribution in [0.25, 0.3) is 0 Å². The highest BCUT2D eigenvalue weighted by Crippen LogP contribution is 2.13. The quantitative estimate of drug-likeness (QED) is 0.638. The van der Waals surface area contributed by atoms with Gasteiger partial charge >= 0.3 is 0 Å². The molecule has 2 rings (SSSR count). The Kier molecular flexibility index (Phi) is 3.93. The molecular formula is C12H13N5O2. The summed E-state index contributed by atoms with van der Waals surface area (Å²) in [6.45, 7) is 2.03. The van der Waals surface area contributed by atoms with Crippen LogP contribution in [0, 0.1) is 21.4 Å². The zero-order valence-electron chi connectivity index (χ0n) is 10.2. The van der Waals surface area contributed by atoms with E-state index in [0.717, 1.165) is 31.3 Å². The Morgan fingerprint density at radius 3 is 3.11 bits per heavy atom. The summed E-state index contributed by atoms with van der Waals surface area (Å²) in [6, 6.07) is 5.41. The fourth-order valence-electron chi connectivity index (χ4n) is 1.91.